The second-order valence-corrected chi connectivity index (χ2v) is 4.72. The Morgan fingerprint density at radius 3 is 2.25 bits per heavy atom. The van der Waals surface area contributed by atoms with Gasteiger partial charge in [-0.3, -0.25) is 4.79 Å². The van der Waals surface area contributed by atoms with Gasteiger partial charge in [-0.2, -0.15) is 0 Å². The van der Waals surface area contributed by atoms with Gasteiger partial charge in [-0.25, -0.2) is 4.39 Å². The second kappa shape index (κ2) is 4.36. The lowest BCUT2D eigenvalue weighted by atomic mass is 9.75. The minimum absolute atomic E-state index is 0.304. The van der Waals surface area contributed by atoms with Crippen molar-refractivity contribution < 1.29 is 9.18 Å². The van der Waals surface area contributed by atoms with Gasteiger partial charge in [0.15, 0.2) is 0 Å². The van der Waals surface area contributed by atoms with Crippen molar-refractivity contribution in [2.24, 2.45) is 0 Å². The van der Waals surface area contributed by atoms with E-state index in [9.17, 15) is 9.18 Å². The third kappa shape index (κ3) is 1.77. The van der Waals surface area contributed by atoms with Crippen LogP contribution in [0, 0.1) is 0 Å². The van der Waals surface area contributed by atoms with E-state index < -0.39 is 6.17 Å². The van der Waals surface area contributed by atoms with Gasteiger partial charge in [0.2, 0.25) is 0 Å². The third-order valence-corrected chi connectivity index (χ3v) is 3.88. The minimum atomic E-state index is -0.822. The lowest BCUT2D eigenvalue weighted by Gasteiger charge is -2.31. The largest absolute Gasteiger partial charge is 0.298 e. The van der Waals surface area contributed by atoms with Crippen LogP contribution in [0.4, 0.5) is 4.39 Å². The number of rotatable bonds is 3. The highest BCUT2D eigenvalue weighted by Crippen LogP contribution is 2.44. The number of hydrogen-bond acceptors (Lipinski definition) is 1. The summed E-state index contributed by atoms with van der Waals surface area (Å²) in [5, 5.41) is 0. The third-order valence-electron chi connectivity index (χ3n) is 3.88. The predicted molar refractivity (Wildman–Crippen MR) is 62.5 cm³/mol. The maximum Gasteiger partial charge on any atom is 0.150 e. The Bertz CT molecular complexity index is 361. The number of carbonyl (C=O) groups is 1. The maximum absolute atomic E-state index is 13.9. The van der Waals surface area contributed by atoms with Crippen LogP contribution in [0.3, 0.4) is 0 Å². The Morgan fingerprint density at radius 2 is 1.81 bits per heavy atom. The molecular formula is C14H17FO. The summed E-state index contributed by atoms with van der Waals surface area (Å²) in [7, 11) is 0. The Morgan fingerprint density at radius 1 is 1.25 bits per heavy atom. The van der Waals surface area contributed by atoms with Gasteiger partial charge in [0, 0.05) is 11.0 Å². The van der Waals surface area contributed by atoms with Crippen molar-refractivity contribution in [1.82, 2.24) is 0 Å². The van der Waals surface area contributed by atoms with Crippen LogP contribution in [-0.4, -0.2) is 12.5 Å². The van der Waals surface area contributed by atoms with Crippen molar-refractivity contribution >= 4 is 6.29 Å². The molecule has 0 spiro atoms. The molecular weight excluding hydrogens is 203 g/mol. The van der Waals surface area contributed by atoms with E-state index in [1.807, 2.05) is 12.1 Å². The highest BCUT2D eigenvalue weighted by molar-refractivity contribution is 5.74. The van der Waals surface area contributed by atoms with Crippen LogP contribution in [-0.2, 0) is 5.41 Å². The van der Waals surface area contributed by atoms with E-state index >= 15 is 0 Å². The van der Waals surface area contributed by atoms with E-state index in [1.165, 1.54) is 0 Å². The summed E-state index contributed by atoms with van der Waals surface area (Å²) < 4.78 is 13.9. The second-order valence-electron chi connectivity index (χ2n) is 4.72. The number of alkyl halides is 1. The molecule has 0 amide bonds. The fourth-order valence-corrected chi connectivity index (χ4v) is 2.82. The number of aldehydes is 1. The zero-order chi connectivity index (χ0) is 11.6. The molecule has 0 aromatic heterocycles. The first kappa shape index (κ1) is 11.3. The van der Waals surface area contributed by atoms with Crippen LogP contribution in [0.15, 0.2) is 24.3 Å². The Hall–Kier alpha value is -1.18. The first-order valence-electron chi connectivity index (χ1n) is 5.89. The number of hydrogen-bond donors (Lipinski definition) is 0. The van der Waals surface area contributed by atoms with Gasteiger partial charge in [0.1, 0.15) is 12.5 Å². The van der Waals surface area contributed by atoms with Gasteiger partial charge in [0.05, 0.1) is 0 Å². The molecule has 16 heavy (non-hydrogen) atoms. The quantitative estimate of drug-likeness (QED) is 0.710. The minimum Gasteiger partial charge on any atom is -0.298 e. The molecule has 2 rings (SSSR count). The van der Waals surface area contributed by atoms with E-state index in [4.69, 9.17) is 0 Å². The highest BCUT2D eigenvalue weighted by Gasteiger charge is 2.40. The molecule has 86 valence electrons. The Labute approximate surface area is 95.7 Å². The molecule has 1 nitrogen and oxygen atoms in total. The summed E-state index contributed by atoms with van der Waals surface area (Å²) in [4.78, 5) is 10.6. The molecule has 1 aliphatic rings. The molecule has 2 heteroatoms. The summed E-state index contributed by atoms with van der Waals surface area (Å²) in [6.07, 6.45) is 4.05. The normalized spacial score (nSPS) is 20.6. The van der Waals surface area contributed by atoms with Crippen molar-refractivity contribution in [1.29, 1.82) is 0 Å². The van der Waals surface area contributed by atoms with Crippen molar-refractivity contribution in [2.45, 2.75) is 44.2 Å². The fraction of sp³-hybridized carbons (Fsp3) is 0.500. The van der Waals surface area contributed by atoms with Crippen molar-refractivity contribution in [3.8, 4) is 0 Å². The molecule has 1 unspecified atom stereocenters. The smallest absolute Gasteiger partial charge is 0.150 e. The monoisotopic (exact) mass is 220 g/mol. The van der Waals surface area contributed by atoms with Gasteiger partial charge >= 0.3 is 0 Å². The average Bonchev–Trinajstić information content (AvgIpc) is 2.79. The number of halogens is 1. The molecule has 0 aliphatic heterocycles. The molecule has 0 bridgehead atoms. The van der Waals surface area contributed by atoms with Crippen LogP contribution in [0.1, 0.15) is 48.5 Å². The molecule has 1 atom stereocenters. The van der Waals surface area contributed by atoms with Crippen LogP contribution < -0.4 is 0 Å². The average molecular weight is 220 g/mol. The predicted octanol–water partition coefficient (Wildman–Crippen LogP) is 3.67. The molecule has 1 aromatic rings. The molecule has 0 heterocycles. The molecule has 0 N–H and O–H groups in total. The molecule has 1 fully saturated rings. The first-order valence-corrected chi connectivity index (χ1v) is 5.89. The molecule has 1 aliphatic carbocycles. The fourth-order valence-electron chi connectivity index (χ4n) is 2.82. The topological polar surface area (TPSA) is 17.1 Å². The lowest BCUT2D eigenvalue weighted by Crippen LogP contribution is -2.31. The zero-order valence-corrected chi connectivity index (χ0v) is 9.58. The van der Waals surface area contributed by atoms with Crippen molar-refractivity contribution in [3.63, 3.8) is 0 Å². The number of benzene rings is 1. The van der Waals surface area contributed by atoms with Gasteiger partial charge in [-0.05, 0) is 25.3 Å². The van der Waals surface area contributed by atoms with Crippen LogP contribution in [0.2, 0.25) is 0 Å². The highest BCUT2D eigenvalue weighted by atomic mass is 19.1. The standard InChI is InChI=1S/C14H17FO/c1-11(15)14(8-2-3-9-14)13-6-4-12(10-16)5-7-13/h4-7,10-11H,2-3,8-9H2,1H3. The van der Waals surface area contributed by atoms with Crippen molar-refractivity contribution in [2.75, 3.05) is 0 Å². The summed E-state index contributed by atoms with van der Waals surface area (Å²) in [5.74, 6) is 0. The first-order chi connectivity index (χ1) is 7.69. The van der Waals surface area contributed by atoms with Crippen LogP contribution in [0.5, 0.6) is 0 Å². The van der Waals surface area contributed by atoms with E-state index in [0.29, 0.717) is 5.56 Å². The summed E-state index contributed by atoms with van der Waals surface area (Å²) >= 11 is 0. The van der Waals surface area contributed by atoms with Gasteiger partial charge in [-0.15, -0.1) is 0 Å². The molecule has 0 saturated heterocycles. The van der Waals surface area contributed by atoms with E-state index in [2.05, 4.69) is 0 Å². The molecule has 1 saturated carbocycles. The van der Waals surface area contributed by atoms with Crippen LogP contribution in [0.25, 0.3) is 0 Å². The van der Waals surface area contributed by atoms with Gasteiger partial charge in [-0.1, -0.05) is 37.1 Å². The number of carbonyl (C=O) groups excluding carboxylic acids is 1. The van der Waals surface area contributed by atoms with Gasteiger partial charge in [0.25, 0.3) is 0 Å². The van der Waals surface area contributed by atoms with E-state index in [-0.39, 0.29) is 5.41 Å². The van der Waals surface area contributed by atoms with Crippen LogP contribution >= 0.6 is 0 Å². The summed E-state index contributed by atoms with van der Waals surface area (Å²) in [6.45, 7) is 1.65. The summed E-state index contributed by atoms with van der Waals surface area (Å²) in [5.41, 5.74) is 1.40. The Balaban J connectivity index is 2.35. The summed E-state index contributed by atoms with van der Waals surface area (Å²) in [6, 6.07) is 7.38. The SMILES string of the molecule is CC(F)C1(c2ccc(C=O)cc2)CCCC1. The maximum atomic E-state index is 13.9. The van der Waals surface area contributed by atoms with E-state index in [1.54, 1.807) is 19.1 Å². The van der Waals surface area contributed by atoms with Gasteiger partial charge < -0.3 is 0 Å². The Kier molecular flexibility index (Phi) is 3.08. The lowest BCUT2D eigenvalue weighted by molar-refractivity contribution is 0.112. The zero-order valence-electron chi connectivity index (χ0n) is 9.58. The van der Waals surface area contributed by atoms with Crippen molar-refractivity contribution in [3.05, 3.63) is 35.4 Å². The van der Waals surface area contributed by atoms with E-state index in [0.717, 1.165) is 37.5 Å². The molecule has 0 radical (unpaired) electrons. The molecule has 1 aromatic carbocycles.